The second kappa shape index (κ2) is 13.8. The van der Waals surface area contributed by atoms with Crippen LogP contribution in [0.4, 0.5) is 0 Å². The minimum absolute atomic E-state index is 0.0515. The van der Waals surface area contributed by atoms with Gasteiger partial charge in [-0.2, -0.15) is 0 Å². The number of fused-ring (bicyclic) bond motifs is 1. The van der Waals surface area contributed by atoms with Gasteiger partial charge in [-0.15, -0.1) is 0 Å². The molecule has 1 aliphatic rings. The summed E-state index contributed by atoms with van der Waals surface area (Å²) in [6, 6.07) is 0. The van der Waals surface area contributed by atoms with Gasteiger partial charge < -0.3 is 4.74 Å². The van der Waals surface area contributed by atoms with Crippen molar-refractivity contribution in [3.05, 3.63) is 62.8 Å². The number of hydrogen-bond donors (Lipinski definition) is 0. The monoisotopic (exact) mass is 452 g/mol. The Labute approximate surface area is 206 Å². The highest BCUT2D eigenvalue weighted by molar-refractivity contribution is 5.55. The van der Waals surface area contributed by atoms with Crippen LogP contribution in [0.15, 0.2) is 34.9 Å². The molecule has 33 heavy (non-hydrogen) atoms. The predicted octanol–water partition coefficient (Wildman–Crippen LogP) is 10.2. The average molecular weight is 453 g/mol. The fourth-order valence-electron chi connectivity index (χ4n) is 4.62. The molecule has 0 amide bonds. The largest absolute Gasteiger partial charge is 0.487 e. The molecule has 1 aliphatic heterocycles. The molecule has 1 nitrogen and oxygen atoms in total. The van der Waals surface area contributed by atoms with Crippen molar-refractivity contribution in [2.75, 3.05) is 0 Å². The van der Waals surface area contributed by atoms with Gasteiger partial charge in [-0.3, -0.25) is 0 Å². The molecule has 1 heterocycles. The predicted molar refractivity (Wildman–Crippen MR) is 149 cm³/mol. The lowest BCUT2D eigenvalue weighted by atomic mass is 9.83. The lowest BCUT2D eigenvalue weighted by Gasteiger charge is -2.38. The van der Waals surface area contributed by atoms with Crippen molar-refractivity contribution in [1.82, 2.24) is 0 Å². The van der Waals surface area contributed by atoms with Gasteiger partial charge in [-0.25, -0.2) is 0 Å². The highest BCUT2D eigenvalue weighted by Crippen LogP contribution is 2.42. The van der Waals surface area contributed by atoms with Crippen LogP contribution >= 0.6 is 0 Å². The molecule has 186 valence electrons. The molecule has 0 bridgehead atoms. The summed E-state index contributed by atoms with van der Waals surface area (Å²) >= 11 is 0. The molecule has 0 saturated carbocycles. The van der Waals surface area contributed by atoms with Crippen molar-refractivity contribution in [3.8, 4) is 5.75 Å². The number of benzene rings is 1. The van der Waals surface area contributed by atoms with Crippen LogP contribution in [0.3, 0.4) is 0 Å². The molecule has 0 N–H and O–H groups in total. The second-order valence-corrected chi connectivity index (χ2v) is 10.4. The molecule has 0 spiro atoms. The van der Waals surface area contributed by atoms with Gasteiger partial charge in [-0.05, 0) is 141 Å². The van der Waals surface area contributed by atoms with Gasteiger partial charge in [0, 0.05) is 0 Å². The first-order chi connectivity index (χ1) is 15.5. The smallest absolute Gasteiger partial charge is 0.126 e. The van der Waals surface area contributed by atoms with Crippen molar-refractivity contribution in [1.29, 1.82) is 0 Å². The van der Waals surface area contributed by atoms with E-state index < -0.39 is 0 Å². The molecular formula is C32H52O. The molecule has 1 aromatic rings. The quantitative estimate of drug-likeness (QED) is 0.338. The minimum Gasteiger partial charge on any atom is -0.487 e. The van der Waals surface area contributed by atoms with E-state index in [1.165, 1.54) is 63.1 Å². The van der Waals surface area contributed by atoms with Crippen LogP contribution in [-0.4, -0.2) is 5.60 Å². The van der Waals surface area contributed by atoms with Gasteiger partial charge in [0.1, 0.15) is 11.4 Å². The molecular weight excluding hydrogens is 400 g/mol. The summed E-state index contributed by atoms with van der Waals surface area (Å²) in [4.78, 5) is 0. The van der Waals surface area contributed by atoms with Crippen LogP contribution in [0, 0.1) is 27.7 Å². The third-order valence-corrected chi connectivity index (χ3v) is 7.30. The Hall–Kier alpha value is -1.76. The van der Waals surface area contributed by atoms with Gasteiger partial charge in [0.2, 0.25) is 0 Å². The summed E-state index contributed by atoms with van der Waals surface area (Å²) < 4.78 is 6.67. The van der Waals surface area contributed by atoms with E-state index in [4.69, 9.17) is 4.74 Å². The van der Waals surface area contributed by atoms with E-state index in [0.29, 0.717) is 0 Å². The molecule has 0 aromatic heterocycles. The number of allylic oxidation sites excluding steroid dienone is 6. The van der Waals surface area contributed by atoms with E-state index in [2.05, 4.69) is 80.5 Å². The van der Waals surface area contributed by atoms with Gasteiger partial charge in [0.05, 0.1) is 0 Å². The van der Waals surface area contributed by atoms with Crippen LogP contribution in [-0.2, 0) is 6.42 Å². The summed E-state index contributed by atoms with van der Waals surface area (Å²) in [5.41, 5.74) is 11.4. The van der Waals surface area contributed by atoms with Crippen LogP contribution in [0.5, 0.6) is 5.75 Å². The van der Waals surface area contributed by atoms with Gasteiger partial charge in [-0.1, -0.05) is 48.8 Å². The molecule has 1 unspecified atom stereocenters. The molecule has 0 fully saturated rings. The average Bonchev–Trinajstić information content (AvgIpc) is 2.77. The first-order valence-corrected chi connectivity index (χ1v) is 13.3. The van der Waals surface area contributed by atoms with E-state index in [1.54, 1.807) is 0 Å². The topological polar surface area (TPSA) is 9.23 Å². The molecule has 1 aromatic carbocycles. The molecule has 2 rings (SSSR count). The third kappa shape index (κ3) is 8.84. The van der Waals surface area contributed by atoms with E-state index in [9.17, 15) is 0 Å². The van der Waals surface area contributed by atoms with E-state index in [-0.39, 0.29) is 5.60 Å². The van der Waals surface area contributed by atoms with Gasteiger partial charge in [0.15, 0.2) is 0 Å². The van der Waals surface area contributed by atoms with E-state index >= 15 is 0 Å². The lowest BCUT2D eigenvalue weighted by Crippen LogP contribution is -2.37. The van der Waals surface area contributed by atoms with Crippen molar-refractivity contribution >= 4 is 0 Å². The normalized spacial score (nSPS) is 18.2. The molecule has 0 saturated heterocycles. The fourth-order valence-corrected chi connectivity index (χ4v) is 4.62. The zero-order valence-corrected chi connectivity index (χ0v) is 23.8. The molecule has 1 atom stereocenters. The van der Waals surface area contributed by atoms with Gasteiger partial charge >= 0.3 is 0 Å². The van der Waals surface area contributed by atoms with E-state index in [0.717, 1.165) is 38.5 Å². The third-order valence-electron chi connectivity index (χ3n) is 7.30. The van der Waals surface area contributed by atoms with Crippen molar-refractivity contribution in [2.45, 2.75) is 133 Å². The van der Waals surface area contributed by atoms with Crippen LogP contribution in [0.1, 0.15) is 121 Å². The van der Waals surface area contributed by atoms with Gasteiger partial charge in [0.25, 0.3) is 0 Å². The Morgan fingerprint density at radius 1 is 0.758 bits per heavy atom. The summed E-state index contributed by atoms with van der Waals surface area (Å²) in [5, 5.41) is 0. The Kier molecular flexibility index (Phi) is 12.3. The molecule has 0 aliphatic carbocycles. The highest BCUT2D eigenvalue weighted by Gasteiger charge is 2.33. The summed E-state index contributed by atoms with van der Waals surface area (Å²) in [6.45, 7) is 24.2. The van der Waals surface area contributed by atoms with Crippen molar-refractivity contribution < 1.29 is 4.74 Å². The summed E-state index contributed by atoms with van der Waals surface area (Å²) in [7, 11) is 0. The maximum atomic E-state index is 6.67. The zero-order chi connectivity index (χ0) is 25.2. The standard InChI is InChI=1S/C30H46O.C2H6/c1-21(2)13-10-14-22(3)15-11-16-23(4)17-12-19-30(9)20-18-28-26(7)24(5)25(6)27(8)29(28)31-30;1-2/h13,15,17H,10-12,14,16,18-20H2,1-9H3;1-2H3/b22-15+,23-17+;. The first-order valence-electron chi connectivity index (χ1n) is 13.3. The van der Waals surface area contributed by atoms with Crippen LogP contribution in [0.2, 0.25) is 0 Å². The zero-order valence-electron chi connectivity index (χ0n) is 23.8. The SMILES string of the molecule is CC.CC(C)=CCC/C(C)=C/CC/C(C)=C/CCC1(C)CCc2c(C)c(C)c(C)c(C)c2O1. The summed E-state index contributed by atoms with van der Waals surface area (Å²) in [6.07, 6.45) is 16.3. The molecule has 1 heteroatoms. The number of rotatable bonds is 9. The first kappa shape index (κ1) is 29.3. The van der Waals surface area contributed by atoms with Crippen molar-refractivity contribution in [3.63, 3.8) is 0 Å². The highest BCUT2D eigenvalue weighted by atomic mass is 16.5. The maximum absolute atomic E-state index is 6.67. The molecule has 0 radical (unpaired) electrons. The Morgan fingerprint density at radius 2 is 1.27 bits per heavy atom. The summed E-state index contributed by atoms with van der Waals surface area (Å²) in [5.74, 6) is 1.17. The fraction of sp³-hybridized carbons (Fsp3) is 0.625. The minimum atomic E-state index is -0.0515. The lowest BCUT2D eigenvalue weighted by molar-refractivity contribution is 0.0560. The Morgan fingerprint density at radius 3 is 1.85 bits per heavy atom. The Bertz CT molecular complexity index is 861. The number of ether oxygens (including phenoxy) is 1. The maximum Gasteiger partial charge on any atom is 0.126 e. The second-order valence-electron chi connectivity index (χ2n) is 10.4. The van der Waals surface area contributed by atoms with Crippen LogP contribution in [0.25, 0.3) is 0 Å². The van der Waals surface area contributed by atoms with E-state index in [1.807, 2.05) is 13.8 Å². The van der Waals surface area contributed by atoms with Crippen molar-refractivity contribution in [2.24, 2.45) is 0 Å². The Balaban J connectivity index is 0.00000265. The van der Waals surface area contributed by atoms with Crippen LogP contribution < -0.4 is 4.74 Å². The number of hydrogen-bond acceptors (Lipinski definition) is 1.